The fraction of sp³-hybridized carbons (Fsp3) is 0.538. The molecule has 0 aliphatic carbocycles. The molecule has 0 aliphatic rings. The summed E-state index contributed by atoms with van der Waals surface area (Å²) in [5.74, 6) is -0.533. The lowest BCUT2D eigenvalue weighted by Gasteiger charge is -2.34. The average molecular weight is 264 g/mol. The van der Waals surface area contributed by atoms with Crippen LogP contribution in [0, 0.1) is 5.82 Å². The molecule has 0 bridgehead atoms. The van der Waals surface area contributed by atoms with Crippen LogP contribution in [0.3, 0.4) is 0 Å². The van der Waals surface area contributed by atoms with Crippen LogP contribution in [0.25, 0.3) is 0 Å². The van der Waals surface area contributed by atoms with E-state index < -0.39 is 36.4 Å². The van der Waals surface area contributed by atoms with Crippen molar-refractivity contribution >= 4 is 0 Å². The van der Waals surface area contributed by atoms with E-state index in [0.29, 0.717) is 0 Å². The number of aliphatic hydroxyl groups is 1. The van der Waals surface area contributed by atoms with Crippen LogP contribution in [0.2, 0.25) is 0 Å². The number of halogens is 4. The smallest absolute Gasteiger partial charge is 0.141 e. The fourth-order valence-electron chi connectivity index (χ4n) is 1.75. The van der Waals surface area contributed by atoms with Crippen molar-refractivity contribution in [2.45, 2.75) is 37.7 Å². The molecule has 1 N–H and O–H groups in total. The van der Waals surface area contributed by atoms with Crippen molar-refractivity contribution in [1.82, 2.24) is 0 Å². The van der Waals surface area contributed by atoms with Gasteiger partial charge in [0.25, 0.3) is 0 Å². The molecule has 4 atom stereocenters. The standard InChI is InChI=1S/C13H16F4O/c1-8(15)11(18)12(17)13(2,7-14)9-3-5-10(16)6-4-9/h3-6,8,11-12,18H,7H2,1-2H3. The van der Waals surface area contributed by atoms with E-state index in [1.54, 1.807) is 0 Å². The molecule has 0 aromatic heterocycles. The zero-order chi connectivity index (χ0) is 13.9. The number of alkyl halides is 3. The molecule has 5 heteroatoms. The SMILES string of the molecule is CC(F)C(O)C(F)C(C)(CF)c1ccc(F)cc1. The molecule has 102 valence electrons. The largest absolute Gasteiger partial charge is 0.387 e. The van der Waals surface area contributed by atoms with Crippen LogP contribution in [-0.4, -0.2) is 30.2 Å². The van der Waals surface area contributed by atoms with Gasteiger partial charge in [-0.1, -0.05) is 19.1 Å². The molecular weight excluding hydrogens is 248 g/mol. The Morgan fingerprint density at radius 2 is 1.72 bits per heavy atom. The molecule has 1 rings (SSSR count). The summed E-state index contributed by atoms with van der Waals surface area (Å²) in [6.07, 6.45) is -5.85. The van der Waals surface area contributed by atoms with Gasteiger partial charge in [0.1, 0.15) is 30.9 Å². The molecular formula is C13H16F4O. The normalized spacial score (nSPS) is 19.9. The van der Waals surface area contributed by atoms with Gasteiger partial charge < -0.3 is 5.11 Å². The van der Waals surface area contributed by atoms with Gasteiger partial charge in [0.2, 0.25) is 0 Å². The van der Waals surface area contributed by atoms with E-state index in [1.165, 1.54) is 19.1 Å². The van der Waals surface area contributed by atoms with Gasteiger partial charge in [-0.3, -0.25) is 4.39 Å². The third kappa shape index (κ3) is 2.83. The summed E-state index contributed by atoms with van der Waals surface area (Å²) in [5, 5.41) is 9.39. The Labute approximate surface area is 103 Å². The topological polar surface area (TPSA) is 20.2 Å². The van der Waals surface area contributed by atoms with Gasteiger partial charge in [-0.25, -0.2) is 13.2 Å². The Morgan fingerprint density at radius 3 is 2.11 bits per heavy atom. The second kappa shape index (κ2) is 5.69. The van der Waals surface area contributed by atoms with E-state index in [9.17, 15) is 22.7 Å². The summed E-state index contributed by atoms with van der Waals surface area (Å²) >= 11 is 0. The predicted octanol–water partition coefficient (Wildman–Crippen LogP) is 3.11. The second-order valence-electron chi connectivity index (χ2n) is 4.63. The highest BCUT2D eigenvalue weighted by Crippen LogP contribution is 2.33. The first kappa shape index (κ1) is 15.0. The predicted molar refractivity (Wildman–Crippen MR) is 61.2 cm³/mol. The number of hydrogen-bond acceptors (Lipinski definition) is 1. The summed E-state index contributed by atoms with van der Waals surface area (Å²) in [5.41, 5.74) is -1.52. The number of aliphatic hydroxyl groups excluding tert-OH is 1. The first-order valence-corrected chi connectivity index (χ1v) is 5.61. The Hall–Kier alpha value is -1.10. The van der Waals surface area contributed by atoms with Crippen molar-refractivity contribution in [3.05, 3.63) is 35.6 Å². The molecule has 0 spiro atoms. The second-order valence-corrected chi connectivity index (χ2v) is 4.63. The summed E-state index contributed by atoms with van der Waals surface area (Å²) in [6, 6.07) is 4.61. The molecule has 0 radical (unpaired) electrons. The minimum atomic E-state index is -2.12. The van der Waals surface area contributed by atoms with E-state index in [-0.39, 0.29) is 5.56 Å². The van der Waals surface area contributed by atoms with E-state index in [2.05, 4.69) is 0 Å². The van der Waals surface area contributed by atoms with E-state index >= 15 is 0 Å². The number of benzene rings is 1. The van der Waals surface area contributed by atoms with Crippen molar-refractivity contribution in [1.29, 1.82) is 0 Å². The highest BCUT2D eigenvalue weighted by atomic mass is 19.2. The quantitative estimate of drug-likeness (QED) is 0.810. The summed E-state index contributed by atoms with van der Waals surface area (Å²) in [6.45, 7) is 1.11. The third-order valence-electron chi connectivity index (χ3n) is 3.16. The van der Waals surface area contributed by atoms with Crippen molar-refractivity contribution < 1.29 is 22.7 Å². The highest BCUT2D eigenvalue weighted by molar-refractivity contribution is 5.27. The molecule has 1 aromatic rings. The average Bonchev–Trinajstić information content (AvgIpc) is 2.36. The minimum Gasteiger partial charge on any atom is -0.387 e. The van der Waals surface area contributed by atoms with Crippen LogP contribution in [0.15, 0.2) is 24.3 Å². The van der Waals surface area contributed by atoms with Gasteiger partial charge >= 0.3 is 0 Å². The van der Waals surface area contributed by atoms with Crippen LogP contribution in [0.5, 0.6) is 0 Å². The van der Waals surface area contributed by atoms with Crippen molar-refractivity contribution in [3.63, 3.8) is 0 Å². The molecule has 0 saturated carbocycles. The fourth-order valence-corrected chi connectivity index (χ4v) is 1.75. The summed E-state index contributed by atoms with van der Waals surface area (Å²) in [7, 11) is 0. The molecule has 0 heterocycles. The van der Waals surface area contributed by atoms with Gasteiger partial charge in [-0.2, -0.15) is 0 Å². The maximum absolute atomic E-state index is 14.1. The zero-order valence-electron chi connectivity index (χ0n) is 10.2. The summed E-state index contributed by atoms with van der Waals surface area (Å²) < 4.78 is 52.9. The molecule has 18 heavy (non-hydrogen) atoms. The van der Waals surface area contributed by atoms with E-state index in [1.807, 2.05) is 0 Å². The number of hydrogen-bond donors (Lipinski definition) is 1. The maximum Gasteiger partial charge on any atom is 0.141 e. The highest BCUT2D eigenvalue weighted by Gasteiger charge is 2.43. The minimum absolute atomic E-state index is 0.179. The van der Waals surface area contributed by atoms with Crippen LogP contribution in [0.1, 0.15) is 19.4 Å². The van der Waals surface area contributed by atoms with Crippen LogP contribution < -0.4 is 0 Å². The molecule has 0 amide bonds. The van der Waals surface area contributed by atoms with Crippen LogP contribution in [-0.2, 0) is 5.41 Å². The first-order valence-electron chi connectivity index (χ1n) is 5.61. The molecule has 0 aliphatic heterocycles. The van der Waals surface area contributed by atoms with E-state index in [4.69, 9.17) is 0 Å². The van der Waals surface area contributed by atoms with Crippen molar-refractivity contribution in [3.8, 4) is 0 Å². The summed E-state index contributed by atoms with van der Waals surface area (Å²) in [4.78, 5) is 0. The van der Waals surface area contributed by atoms with E-state index in [0.717, 1.165) is 19.1 Å². The Morgan fingerprint density at radius 1 is 1.22 bits per heavy atom. The molecule has 1 aromatic carbocycles. The van der Waals surface area contributed by atoms with Crippen LogP contribution in [0.4, 0.5) is 17.6 Å². The lowest BCUT2D eigenvalue weighted by Crippen LogP contribution is -2.46. The van der Waals surface area contributed by atoms with Crippen molar-refractivity contribution in [2.24, 2.45) is 0 Å². The monoisotopic (exact) mass is 264 g/mol. The molecule has 4 unspecified atom stereocenters. The lowest BCUT2D eigenvalue weighted by molar-refractivity contribution is -0.0202. The maximum atomic E-state index is 14.1. The molecule has 0 fully saturated rings. The Kier molecular flexibility index (Phi) is 4.73. The van der Waals surface area contributed by atoms with Gasteiger partial charge in [0.05, 0.1) is 5.41 Å². The zero-order valence-corrected chi connectivity index (χ0v) is 10.2. The first-order chi connectivity index (χ1) is 8.32. The Balaban J connectivity index is 3.08. The lowest BCUT2D eigenvalue weighted by atomic mass is 9.76. The number of rotatable bonds is 5. The third-order valence-corrected chi connectivity index (χ3v) is 3.16. The van der Waals surface area contributed by atoms with Gasteiger partial charge in [0.15, 0.2) is 0 Å². The Bertz CT molecular complexity index is 379. The van der Waals surface area contributed by atoms with Crippen molar-refractivity contribution in [2.75, 3.05) is 6.67 Å². The van der Waals surface area contributed by atoms with Gasteiger partial charge in [0, 0.05) is 0 Å². The van der Waals surface area contributed by atoms with Crippen LogP contribution >= 0.6 is 0 Å². The molecule has 0 saturated heterocycles. The van der Waals surface area contributed by atoms with Gasteiger partial charge in [-0.15, -0.1) is 0 Å². The molecule has 1 nitrogen and oxygen atoms in total. The van der Waals surface area contributed by atoms with Gasteiger partial charge in [-0.05, 0) is 24.6 Å².